The molecule has 19 heavy (non-hydrogen) atoms. The van der Waals surface area contributed by atoms with Crippen molar-refractivity contribution in [2.45, 2.75) is 12.3 Å². The van der Waals surface area contributed by atoms with E-state index >= 15 is 0 Å². The predicted octanol–water partition coefficient (Wildman–Crippen LogP) is 1.74. The molecule has 1 amide bonds. The Hall–Kier alpha value is -1.83. The van der Waals surface area contributed by atoms with Crippen LogP contribution in [-0.4, -0.2) is 39.3 Å². The van der Waals surface area contributed by atoms with Gasteiger partial charge >= 0.3 is 12.3 Å². The summed E-state index contributed by atoms with van der Waals surface area (Å²) in [5, 5.41) is 18.5. The van der Waals surface area contributed by atoms with Crippen LogP contribution in [0.2, 0.25) is 0 Å². The first kappa shape index (κ1) is 13.6. The second kappa shape index (κ2) is 4.69. The summed E-state index contributed by atoms with van der Waals surface area (Å²) in [5.74, 6) is -0.311. The second-order valence-electron chi connectivity index (χ2n) is 4.37. The molecular weight excluding hydrogens is 265 g/mol. The number of amides is 1. The van der Waals surface area contributed by atoms with Crippen LogP contribution in [0.4, 0.5) is 18.0 Å². The van der Waals surface area contributed by atoms with Crippen LogP contribution < -0.4 is 0 Å². The Morgan fingerprint density at radius 1 is 1.42 bits per heavy atom. The van der Waals surface area contributed by atoms with Crippen molar-refractivity contribution in [1.82, 2.24) is 9.88 Å². The molecule has 104 valence electrons. The third-order valence-corrected chi connectivity index (χ3v) is 3.05. The SMILES string of the molecule is O=C(O)N1CC(C(O)c2ccc(C(F)(F)F)nc2)C1. The molecule has 1 atom stereocenters. The quantitative estimate of drug-likeness (QED) is 0.863. The highest BCUT2D eigenvalue weighted by Gasteiger charge is 2.37. The van der Waals surface area contributed by atoms with E-state index in [0.717, 1.165) is 23.2 Å². The van der Waals surface area contributed by atoms with Gasteiger partial charge in [0.15, 0.2) is 0 Å². The lowest BCUT2D eigenvalue weighted by molar-refractivity contribution is -0.141. The molecule has 0 aliphatic carbocycles. The van der Waals surface area contributed by atoms with Crippen molar-refractivity contribution in [2.24, 2.45) is 5.92 Å². The number of rotatable bonds is 2. The molecule has 0 saturated carbocycles. The molecule has 2 heterocycles. The van der Waals surface area contributed by atoms with Crippen LogP contribution in [0.5, 0.6) is 0 Å². The van der Waals surface area contributed by atoms with E-state index in [1.807, 2.05) is 0 Å². The molecule has 1 aliphatic rings. The van der Waals surface area contributed by atoms with Gasteiger partial charge in [0, 0.05) is 25.2 Å². The van der Waals surface area contributed by atoms with Crippen molar-refractivity contribution < 1.29 is 28.2 Å². The molecule has 1 fully saturated rings. The molecule has 1 aromatic rings. The van der Waals surface area contributed by atoms with Crippen molar-refractivity contribution in [3.05, 3.63) is 29.6 Å². The second-order valence-corrected chi connectivity index (χ2v) is 4.37. The van der Waals surface area contributed by atoms with E-state index in [9.17, 15) is 23.1 Å². The molecule has 1 aliphatic heterocycles. The summed E-state index contributed by atoms with van der Waals surface area (Å²) in [6, 6.07) is 1.95. The third-order valence-electron chi connectivity index (χ3n) is 3.05. The zero-order chi connectivity index (χ0) is 14.2. The minimum Gasteiger partial charge on any atom is -0.465 e. The lowest BCUT2D eigenvalue weighted by atomic mass is 9.90. The van der Waals surface area contributed by atoms with Crippen molar-refractivity contribution >= 4 is 6.09 Å². The molecule has 0 spiro atoms. The average molecular weight is 276 g/mol. The van der Waals surface area contributed by atoms with Crippen molar-refractivity contribution in [2.75, 3.05) is 13.1 Å². The van der Waals surface area contributed by atoms with Crippen LogP contribution in [0.3, 0.4) is 0 Å². The van der Waals surface area contributed by atoms with Gasteiger partial charge in [-0.25, -0.2) is 4.79 Å². The Kier molecular flexibility index (Phi) is 3.36. The number of likely N-dealkylation sites (tertiary alicyclic amines) is 1. The van der Waals surface area contributed by atoms with Gasteiger partial charge in [0.2, 0.25) is 0 Å². The van der Waals surface area contributed by atoms with Crippen LogP contribution >= 0.6 is 0 Å². The Morgan fingerprint density at radius 3 is 2.47 bits per heavy atom. The van der Waals surface area contributed by atoms with Crippen molar-refractivity contribution in [3.63, 3.8) is 0 Å². The zero-order valence-corrected chi connectivity index (χ0v) is 9.63. The molecular formula is C11H11F3N2O3. The Labute approximate surface area is 106 Å². The first-order valence-electron chi connectivity index (χ1n) is 5.48. The molecule has 0 bridgehead atoms. The van der Waals surface area contributed by atoms with Crippen LogP contribution in [0.15, 0.2) is 18.3 Å². The van der Waals surface area contributed by atoms with E-state index in [4.69, 9.17) is 5.11 Å². The first-order chi connectivity index (χ1) is 8.79. The number of hydrogen-bond acceptors (Lipinski definition) is 3. The monoisotopic (exact) mass is 276 g/mol. The van der Waals surface area contributed by atoms with Crippen LogP contribution in [0.25, 0.3) is 0 Å². The van der Waals surface area contributed by atoms with Gasteiger partial charge in [-0.15, -0.1) is 0 Å². The van der Waals surface area contributed by atoms with Gasteiger partial charge in [0.25, 0.3) is 0 Å². The van der Waals surface area contributed by atoms with Gasteiger partial charge in [0.05, 0.1) is 6.10 Å². The number of alkyl halides is 3. The fourth-order valence-corrected chi connectivity index (χ4v) is 1.89. The molecule has 0 aromatic carbocycles. The summed E-state index contributed by atoms with van der Waals surface area (Å²) in [5.41, 5.74) is -0.771. The lowest BCUT2D eigenvalue weighted by Crippen LogP contribution is -2.51. The maximum absolute atomic E-state index is 12.3. The molecule has 5 nitrogen and oxygen atoms in total. The number of pyridine rings is 1. The Balaban J connectivity index is 2.01. The van der Waals surface area contributed by atoms with Crippen molar-refractivity contribution in [3.8, 4) is 0 Å². The van der Waals surface area contributed by atoms with E-state index < -0.39 is 24.1 Å². The molecule has 2 N–H and O–H groups in total. The van der Waals surface area contributed by atoms with E-state index in [2.05, 4.69) is 4.98 Å². The largest absolute Gasteiger partial charge is 0.465 e. The number of carbonyl (C=O) groups is 1. The molecule has 1 aromatic heterocycles. The summed E-state index contributed by atoms with van der Waals surface area (Å²) in [7, 11) is 0. The highest BCUT2D eigenvalue weighted by atomic mass is 19.4. The molecule has 0 radical (unpaired) electrons. The minimum absolute atomic E-state index is 0.164. The van der Waals surface area contributed by atoms with Crippen LogP contribution in [0, 0.1) is 5.92 Å². The van der Waals surface area contributed by atoms with Crippen molar-refractivity contribution in [1.29, 1.82) is 0 Å². The Morgan fingerprint density at radius 2 is 2.05 bits per heavy atom. The molecule has 2 rings (SSSR count). The number of nitrogens with zero attached hydrogens (tertiary/aromatic N) is 2. The Bertz CT molecular complexity index is 469. The van der Waals surface area contributed by atoms with E-state index in [1.165, 1.54) is 0 Å². The normalized spacial score (nSPS) is 18.0. The number of aliphatic hydroxyl groups excluding tert-OH is 1. The van der Waals surface area contributed by atoms with Gasteiger partial charge in [-0.2, -0.15) is 13.2 Å². The van der Waals surface area contributed by atoms with Gasteiger partial charge in [0.1, 0.15) is 5.69 Å². The third kappa shape index (κ3) is 2.78. The molecule has 1 saturated heterocycles. The molecule has 8 heteroatoms. The number of hydrogen-bond donors (Lipinski definition) is 2. The summed E-state index contributed by atoms with van der Waals surface area (Å²) in [6.45, 7) is 0.328. The zero-order valence-electron chi connectivity index (χ0n) is 9.63. The van der Waals surface area contributed by atoms with E-state index in [1.54, 1.807) is 0 Å². The fourth-order valence-electron chi connectivity index (χ4n) is 1.89. The number of aromatic nitrogens is 1. The maximum atomic E-state index is 12.3. The average Bonchev–Trinajstić information content (AvgIpc) is 2.25. The number of halogens is 3. The molecule has 1 unspecified atom stereocenters. The van der Waals surface area contributed by atoms with Gasteiger partial charge < -0.3 is 15.1 Å². The van der Waals surface area contributed by atoms with E-state index in [-0.39, 0.29) is 24.6 Å². The van der Waals surface area contributed by atoms with Gasteiger partial charge in [-0.1, -0.05) is 6.07 Å². The first-order valence-corrected chi connectivity index (χ1v) is 5.48. The van der Waals surface area contributed by atoms with Gasteiger partial charge in [-0.05, 0) is 11.6 Å². The minimum atomic E-state index is -4.51. The smallest absolute Gasteiger partial charge is 0.433 e. The number of carboxylic acid groups (broad SMARTS) is 1. The van der Waals surface area contributed by atoms with Crippen LogP contribution in [0.1, 0.15) is 17.4 Å². The topological polar surface area (TPSA) is 73.7 Å². The summed E-state index contributed by atoms with van der Waals surface area (Å²) in [6.07, 6.45) is -5.63. The highest BCUT2D eigenvalue weighted by molar-refractivity contribution is 5.66. The van der Waals surface area contributed by atoms with Gasteiger partial charge in [-0.3, -0.25) is 4.98 Å². The number of aliphatic hydroxyl groups is 1. The summed E-state index contributed by atoms with van der Waals surface area (Å²) < 4.78 is 36.9. The summed E-state index contributed by atoms with van der Waals surface area (Å²) >= 11 is 0. The summed E-state index contributed by atoms with van der Waals surface area (Å²) in [4.78, 5) is 14.9. The highest BCUT2D eigenvalue weighted by Crippen LogP contribution is 2.32. The predicted molar refractivity (Wildman–Crippen MR) is 57.3 cm³/mol. The maximum Gasteiger partial charge on any atom is 0.433 e. The lowest BCUT2D eigenvalue weighted by Gasteiger charge is -2.39. The fraction of sp³-hybridized carbons (Fsp3) is 0.455. The standard InChI is InChI=1S/C11H11F3N2O3/c12-11(13,14)8-2-1-6(3-15-8)9(17)7-4-16(5-7)10(18)19/h1-3,7,9,17H,4-5H2,(H,18,19). The van der Waals surface area contributed by atoms with Crippen LogP contribution in [-0.2, 0) is 6.18 Å². The van der Waals surface area contributed by atoms with E-state index in [0.29, 0.717) is 0 Å².